The van der Waals surface area contributed by atoms with Crippen molar-refractivity contribution in [2.75, 3.05) is 37.7 Å². The van der Waals surface area contributed by atoms with Gasteiger partial charge in [-0.1, -0.05) is 26.5 Å². The number of unbranched alkanes of at least 4 members (excludes halogenated alkanes) is 1. The summed E-state index contributed by atoms with van der Waals surface area (Å²) >= 11 is 2.06. The van der Waals surface area contributed by atoms with Gasteiger partial charge >= 0.3 is 0 Å². The van der Waals surface area contributed by atoms with Crippen LogP contribution in [0.3, 0.4) is 0 Å². The maximum Gasteiger partial charge on any atom is 0.0642 e. The predicted octanol–water partition coefficient (Wildman–Crippen LogP) is 3.65. The summed E-state index contributed by atoms with van der Waals surface area (Å²) in [5.41, 5.74) is 7.30. The van der Waals surface area contributed by atoms with Gasteiger partial charge in [-0.15, -0.1) is 0 Å². The molecule has 0 radical (unpaired) electrons. The molecule has 0 aliphatic carbocycles. The molecule has 0 spiro atoms. The Morgan fingerprint density at radius 3 is 2.58 bits per heavy atom. The average Bonchev–Trinajstić information content (AvgIpc) is 2.54. The second kappa shape index (κ2) is 17.2. The largest absolute Gasteiger partial charge is 0.402 e. The number of hydrogen-bond donors (Lipinski definition) is 3. The third kappa shape index (κ3) is 17.7. The quantitative estimate of drug-likeness (QED) is 0.327. The highest BCUT2D eigenvalue weighted by atomic mass is 32.2. The number of hydrogen-bond acceptors (Lipinski definition) is 5. The monoisotopic (exact) mass is 357 g/mol. The lowest BCUT2D eigenvalue weighted by atomic mass is 10.2. The van der Waals surface area contributed by atoms with Gasteiger partial charge < -0.3 is 21.1 Å². The Hall–Kier alpha value is -0.650. The van der Waals surface area contributed by atoms with Gasteiger partial charge in [-0.2, -0.15) is 11.8 Å². The van der Waals surface area contributed by atoms with Crippen LogP contribution >= 0.6 is 11.8 Å². The minimum atomic E-state index is 0.349. The number of nitrogens with one attached hydrogen (secondary N) is 2. The first-order chi connectivity index (χ1) is 11.6. The van der Waals surface area contributed by atoms with E-state index in [1.807, 2.05) is 0 Å². The SMILES string of the molecule is C=C(N)CCNCCC(=C)NCCOC(C)CCCCSCCC. The Morgan fingerprint density at radius 2 is 1.88 bits per heavy atom. The summed E-state index contributed by atoms with van der Waals surface area (Å²) in [5.74, 6) is 2.58. The van der Waals surface area contributed by atoms with E-state index in [2.05, 4.69) is 49.4 Å². The lowest BCUT2D eigenvalue weighted by Gasteiger charge is -2.15. The topological polar surface area (TPSA) is 59.3 Å². The Labute approximate surface area is 154 Å². The molecule has 4 N–H and O–H groups in total. The molecule has 0 bridgehead atoms. The van der Waals surface area contributed by atoms with Gasteiger partial charge in [-0.25, -0.2) is 0 Å². The zero-order valence-electron chi connectivity index (χ0n) is 15.9. The summed E-state index contributed by atoms with van der Waals surface area (Å²) < 4.78 is 5.84. The van der Waals surface area contributed by atoms with Gasteiger partial charge in [0, 0.05) is 31.0 Å². The molecule has 0 saturated carbocycles. The van der Waals surface area contributed by atoms with Crippen LogP contribution in [0.15, 0.2) is 24.6 Å². The van der Waals surface area contributed by atoms with Crippen LogP contribution in [0.2, 0.25) is 0 Å². The number of nitrogens with two attached hydrogens (primary N) is 1. The van der Waals surface area contributed by atoms with E-state index >= 15 is 0 Å². The Bertz CT molecular complexity index is 324. The van der Waals surface area contributed by atoms with Gasteiger partial charge in [0.25, 0.3) is 0 Å². The molecule has 5 heteroatoms. The molecule has 0 rings (SSSR count). The van der Waals surface area contributed by atoms with Crippen molar-refractivity contribution in [2.45, 2.75) is 58.5 Å². The minimum Gasteiger partial charge on any atom is -0.402 e. The van der Waals surface area contributed by atoms with Crippen molar-refractivity contribution >= 4 is 11.8 Å². The standard InChI is InChI=1S/C19H39N3OS/c1-5-15-24-16-7-6-8-19(4)23-14-13-22-18(3)10-12-21-11-9-17(2)20/h19,21-22H,2-3,5-16,20H2,1,4H3. The normalized spacial score (nSPS) is 12.1. The van der Waals surface area contributed by atoms with Crippen LogP contribution in [0, 0.1) is 0 Å². The molecule has 142 valence electrons. The van der Waals surface area contributed by atoms with Gasteiger partial charge in [0.1, 0.15) is 0 Å². The molecule has 0 fully saturated rings. The molecule has 0 aromatic carbocycles. The fourth-order valence-electron chi connectivity index (χ4n) is 2.16. The third-order valence-corrected chi connectivity index (χ3v) is 4.88. The molecule has 0 aliphatic heterocycles. The molecule has 1 atom stereocenters. The smallest absolute Gasteiger partial charge is 0.0642 e. The molecule has 0 aromatic heterocycles. The van der Waals surface area contributed by atoms with Gasteiger partial charge in [0.2, 0.25) is 0 Å². The van der Waals surface area contributed by atoms with Crippen molar-refractivity contribution in [3.63, 3.8) is 0 Å². The van der Waals surface area contributed by atoms with Crippen LogP contribution in [0.4, 0.5) is 0 Å². The average molecular weight is 358 g/mol. The molecule has 0 heterocycles. The van der Waals surface area contributed by atoms with Crippen LogP contribution in [-0.2, 0) is 4.74 Å². The fraction of sp³-hybridized carbons (Fsp3) is 0.789. The molecular weight excluding hydrogens is 318 g/mol. The molecule has 24 heavy (non-hydrogen) atoms. The Kier molecular flexibility index (Phi) is 16.7. The van der Waals surface area contributed by atoms with Crippen molar-refractivity contribution in [3.05, 3.63) is 24.6 Å². The summed E-state index contributed by atoms with van der Waals surface area (Å²) in [6.45, 7) is 15.5. The molecule has 0 aromatic rings. The molecule has 0 saturated heterocycles. The van der Waals surface area contributed by atoms with Gasteiger partial charge in [0.15, 0.2) is 0 Å². The van der Waals surface area contributed by atoms with Crippen LogP contribution in [0.1, 0.15) is 52.4 Å². The van der Waals surface area contributed by atoms with Crippen molar-refractivity contribution in [2.24, 2.45) is 5.73 Å². The van der Waals surface area contributed by atoms with E-state index in [1.165, 1.54) is 30.8 Å². The highest BCUT2D eigenvalue weighted by Crippen LogP contribution is 2.10. The second-order valence-electron chi connectivity index (χ2n) is 6.23. The minimum absolute atomic E-state index is 0.349. The highest BCUT2D eigenvalue weighted by molar-refractivity contribution is 7.99. The summed E-state index contributed by atoms with van der Waals surface area (Å²) in [7, 11) is 0. The lowest BCUT2D eigenvalue weighted by Crippen LogP contribution is -2.24. The van der Waals surface area contributed by atoms with E-state index in [4.69, 9.17) is 10.5 Å². The van der Waals surface area contributed by atoms with E-state index in [1.54, 1.807) is 0 Å². The maximum atomic E-state index is 5.84. The first-order valence-corrected chi connectivity index (χ1v) is 10.5. The summed E-state index contributed by atoms with van der Waals surface area (Å²) in [6.07, 6.45) is 7.09. The number of ether oxygens (including phenoxy) is 1. The molecule has 0 amide bonds. The van der Waals surface area contributed by atoms with Gasteiger partial charge in [-0.05, 0) is 50.5 Å². The maximum absolute atomic E-state index is 5.84. The predicted molar refractivity (Wildman–Crippen MR) is 109 cm³/mol. The van der Waals surface area contributed by atoms with Crippen LogP contribution < -0.4 is 16.4 Å². The lowest BCUT2D eigenvalue weighted by molar-refractivity contribution is 0.0617. The highest BCUT2D eigenvalue weighted by Gasteiger charge is 2.02. The summed E-state index contributed by atoms with van der Waals surface area (Å²) in [6, 6.07) is 0. The molecule has 1 unspecified atom stereocenters. The number of thioether (sulfide) groups is 1. The third-order valence-electron chi connectivity index (χ3n) is 3.60. The van der Waals surface area contributed by atoms with E-state index in [-0.39, 0.29) is 0 Å². The Balaban J connectivity index is 3.34. The first kappa shape index (κ1) is 23.4. The van der Waals surface area contributed by atoms with E-state index in [0.717, 1.165) is 56.9 Å². The first-order valence-electron chi connectivity index (χ1n) is 9.31. The summed E-state index contributed by atoms with van der Waals surface area (Å²) in [4.78, 5) is 0. The van der Waals surface area contributed by atoms with Crippen molar-refractivity contribution in [3.8, 4) is 0 Å². The Morgan fingerprint density at radius 1 is 1.12 bits per heavy atom. The van der Waals surface area contributed by atoms with Gasteiger partial charge in [0.05, 0.1) is 12.7 Å². The zero-order valence-corrected chi connectivity index (χ0v) is 16.7. The zero-order chi connectivity index (χ0) is 18.0. The van der Waals surface area contributed by atoms with Crippen LogP contribution in [0.25, 0.3) is 0 Å². The van der Waals surface area contributed by atoms with Crippen LogP contribution in [0.5, 0.6) is 0 Å². The number of rotatable bonds is 18. The van der Waals surface area contributed by atoms with E-state index in [0.29, 0.717) is 6.10 Å². The fourth-order valence-corrected chi connectivity index (χ4v) is 3.06. The van der Waals surface area contributed by atoms with E-state index < -0.39 is 0 Å². The van der Waals surface area contributed by atoms with Crippen LogP contribution in [-0.4, -0.2) is 43.9 Å². The van der Waals surface area contributed by atoms with E-state index in [9.17, 15) is 0 Å². The van der Waals surface area contributed by atoms with Crippen molar-refractivity contribution in [1.29, 1.82) is 0 Å². The van der Waals surface area contributed by atoms with Crippen molar-refractivity contribution in [1.82, 2.24) is 10.6 Å². The molecular formula is C19H39N3OS. The summed E-state index contributed by atoms with van der Waals surface area (Å²) in [5, 5.41) is 6.65. The molecule has 0 aliphatic rings. The van der Waals surface area contributed by atoms with Gasteiger partial charge in [-0.3, -0.25) is 0 Å². The second-order valence-corrected chi connectivity index (χ2v) is 7.45. The van der Waals surface area contributed by atoms with Crippen molar-refractivity contribution < 1.29 is 4.74 Å². The molecule has 4 nitrogen and oxygen atoms in total.